The number of nitrogens with zero attached hydrogens (tertiary/aromatic N) is 2. The molecule has 0 saturated heterocycles. The molecule has 5 heteroatoms. The van der Waals surface area contributed by atoms with Crippen LogP contribution in [0.1, 0.15) is 5.69 Å². The third kappa shape index (κ3) is 1.56. The molecule has 0 unspecified atom stereocenters. The molecule has 0 aliphatic heterocycles. The van der Waals surface area contributed by atoms with Gasteiger partial charge in [0.05, 0.1) is 10.7 Å². The Labute approximate surface area is 87.5 Å². The van der Waals surface area contributed by atoms with Crippen molar-refractivity contribution >= 4 is 33.2 Å². The predicted molar refractivity (Wildman–Crippen MR) is 52.8 cm³/mol. The van der Waals surface area contributed by atoms with Gasteiger partial charge in [-0.1, -0.05) is 27.5 Å². The first-order valence-electron chi connectivity index (χ1n) is 3.59. The number of rotatable bonds is 1. The van der Waals surface area contributed by atoms with Gasteiger partial charge in [0.25, 0.3) is 0 Å². The maximum absolute atomic E-state index is 12.9. The normalized spacial score (nSPS) is 11.0. The van der Waals surface area contributed by atoms with Gasteiger partial charge in [0.2, 0.25) is 0 Å². The third-order valence-corrected chi connectivity index (χ3v) is 2.51. The van der Waals surface area contributed by atoms with Crippen LogP contribution < -0.4 is 0 Å². The van der Waals surface area contributed by atoms with Crippen molar-refractivity contribution < 1.29 is 4.39 Å². The first kappa shape index (κ1) is 8.97. The van der Waals surface area contributed by atoms with Gasteiger partial charge in [0.15, 0.2) is 5.65 Å². The van der Waals surface area contributed by atoms with Gasteiger partial charge >= 0.3 is 0 Å². The van der Waals surface area contributed by atoms with Gasteiger partial charge in [-0.25, -0.2) is 9.37 Å². The minimum absolute atomic E-state index is 0.326. The molecule has 0 aliphatic rings. The Hall–Kier alpha value is -0.610. The molecule has 0 radical (unpaired) electrons. The molecule has 68 valence electrons. The molecule has 0 N–H and O–H groups in total. The summed E-state index contributed by atoms with van der Waals surface area (Å²) in [5.41, 5.74) is 1.41. The van der Waals surface area contributed by atoms with E-state index in [4.69, 9.17) is 11.6 Å². The number of alkyl halides is 1. The van der Waals surface area contributed by atoms with E-state index >= 15 is 0 Å². The Balaban J connectivity index is 2.75. The summed E-state index contributed by atoms with van der Waals surface area (Å²) in [6.07, 6.45) is 3.08. The Morgan fingerprint density at radius 2 is 2.31 bits per heavy atom. The zero-order valence-electron chi connectivity index (χ0n) is 6.47. The van der Waals surface area contributed by atoms with Crippen LogP contribution in [-0.2, 0) is 5.33 Å². The number of pyridine rings is 1. The van der Waals surface area contributed by atoms with Gasteiger partial charge in [-0.2, -0.15) is 0 Å². The summed E-state index contributed by atoms with van der Waals surface area (Å²) in [6.45, 7) is 0. The van der Waals surface area contributed by atoms with Crippen LogP contribution in [0, 0.1) is 5.82 Å². The maximum Gasteiger partial charge on any atom is 0.156 e. The lowest BCUT2D eigenvalue weighted by molar-refractivity contribution is 0.619. The predicted octanol–water partition coefficient (Wildman–Crippen LogP) is 3.02. The van der Waals surface area contributed by atoms with E-state index < -0.39 is 0 Å². The van der Waals surface area contributed by atoms with E-state index in [1.54, 1.807) is 10.6 Å². The van der Waals surface area contributed by atoms with E-state index in [-0.39, 0.29) is 5.82 Å². The fourth-order valence-corrected chi connectivity index (χ4v) is 1.65. The summed E-state index contributed by atoms with van der Waals surface area (Å²) in [7, 11) is 0. The van der Waals surface area contributed by atoms with Gasteiger partial charge in [-0.15, -0.1) is 0 Å². The minimum atomic E-state index is -0.365. The molecule has 2 rings (SSSR count). The summed E-state index contributed by atoms with van der Waals surface area (Å²) in [4.78, 5) is 4.19. The molecule has 0 amide bonds. The highest BCUT2D eigenvalue weighted by molar-refractivity contribution is 9.08. The number of hydrogen-bond donors (Lipinski definition) is 0. The molecular weight excluding hydrogens is 258 g/mol. The van der Waals surface area contributed by atoms with E-state index in [0.29, 0.717) is 16.0 Å². The molecule has 0 spiro atoms. The van der Waals surface area contributed by atoms with E-state index in [9.17, 15) is 4.39 Å². The smallest absolute Gasteiger partial charge is 0.156 e. The van der Waals surface area contributed by atoms with Crippen LogP contribution in [0.25, 0.3) is 5.65 Å². The van der Waals surface area contributed by atoms with Crippen LogP contribution >= 0.6 is 27.5 Å². The van der Waals surface area contributed by atoms with Gasteiger partial charge in [-0.3, -0.25) is 0 Å². The lowest BCUT2D eigenvalue weighted by atomic mass is 10.4. The zero-order chi connectivity index (χ0) is 9.42. The fourth-order valence-electron chi connectivity index (χ4n) is 1.14. The van der Waals surface area contributed by atoms with Crippen molar-refractivity contribution in [1.82, 2.24) is 9.38 Å². The number of aromatic nitrogens is 2. The molecule has 2 aromatic heterocycles. The van der Waals surface area contributed by atoms with Crippen molar-refractivity contribution in [2.45, 2.75) is 5.33 Å². The quantitative estimate of drug-likeness (QED) is 0.723. The van der Waals surface area contributed by atoms with Crippen LogP contribution in [0.4, 0.5) is 4.39 Å². The third-order valence-electron chi connectivity index (χ3n) is 1.66. The topological polar surface area (TPSA) is 17.3 Å². The van der Waals surface area contributed by atoms with E-state index in [1.165, 1.54) is 12.3 Å². The van der Waals surface area contributed by atoms with Crippen molar-refractivity contribution in [2.75, 3.05) is 0 Å². The standard InChI is InChI=1S/C8H5BrClFN2/c9-2-6-4-13-3-5(11)1-7(10)8(13)12-6/h1,3-4H,2H2. The van der Waals surface area contributed by atoms with Crippen molar-refractivity contribution in [2.24, 2.45) is 0 Å². The molecule has 2 heterocycles. The monoisotopic (exact) mass is 262 g/mol. The number of fused-ring (bicyclic) bond motifs is 1. The highest BCUT2D eigenvalue weighted by Crippen LogP contribution is 2.18. The molecule has 0 aromatic carbocycles. The maximum atomic E-state index is 12.9. The molecule has 0 bridgehead atoms. The lowest BCUT2D eigenvalue weighted by Gasteiger charge is -1.94. The molecule has 0 saturated carbocycles. The van der Waals surface area contributed by atoms with Crippen LogP contribution in [0.2, 0.25) is 5.02 Å². The number of imidazole rings is 1. The average molecular weight is 263 g/mol. The summed E-state index contributed by atoms with van der Waals surface area (Å²) in [6, 6.07) is 1.25. The Morgan fingerprint density at radius 1 is 1.54 bits per heavy atom. The van der Waals surface area contributed by atoms with Crippen molar-refractivity contribution in [1.29, 1.82) is 0 Å². The van der Waals surface area contributed by atoms with Crippen LogP contribution in [0.15, 0.2) is 18.5 Å². The zero-order valence-corrected chi connectivity index (χ0v) is 8.81. The minimum Gasteiger partial charge on any atom is -0.303 e. The molecule has 0 atom stereocenters. The summed E-state index contributed by atoms with van der Waals surface area (Å²) < 4.78 is 14.4. The average Bonchev–Trinajstić information content (AvgIpc) is 2.47. The number of hydrogen-bond acceptors (Lipinski definition) is 1. The lowest BCUT2D eigenvalue weighted by Crippen LogP contribution is -1.86. The van der Waals surface area contributed by atoms with Gasteiger partial charge < -0.3 is 4.40 Å². The van der Waals surface area contributed by atoms with Crippen LogP contribution in [0.3, 0.4) is 0 Å². The second-order valence-corrected chi connectivity index (χ2v) is 3.57. The first-order valence-corrected chi connectivity index (χ1v) is 5.09. The molecule has 2 nitrogen and oxygen atoms in total. The fraction of sp³-hybridized carbons (Fsp3) is 0.125. The molecular formula is C8H5BrClFN2. The highest BCUT2D eigenvalue weighted by Gasteiger charge is 2.05. The van der Waals surface area contributed by atoms with Crippen molar-refractivity contribution in [3.05, 3.63) is 35.0 Å². The second kappa shape index (κ2) is 3.27. The molecule has 0 aliphatic carbocycles. The van der Waals surface area contributed by atoms with E-state index in [2.05, 4.69) is 20.9 Å². The summed E-state index contributed by atoms with van der Waals surface area (Å²) >= 11 is 9.06. The molecule has 13 heavy (non-hydrogen) atoms. The summed E-state index contributed by atoms with van der Waals surface area (Å²) in [5, 5.41) is 0.958. The number of halogens is 3. The summed E-state index contributed by atoms with van der Waals surface area (Å²) in [5.74, 6) is -0.365. The van der Waals surface area contributed by atoms with Crippen LogP contribution in [-0.4, -0.2) is 9.38 Å². The van der Waals surface area contributed by atoms with E-state index in [0.717, 1.165) is 5.69 Å². The van der Waals surface area contributed by atoms with Crippen molar-refractivity contribution in [3.63, 3.8) is 0 Å². The van der Waals surface area contributed by atoms with Gasteiger partial charge in [0, 0.05) is 17.7 Å². The Kier molecular flexibility index (Phi) is 2.26. The van der Waals surface area contributed by atoms with E-state index in [1.807, 2.05) is 0 Å². The highest BCUT2D eigenvalue weighted by atomic mass is 79.9. The van der Waals surface area contributed by atoms with Gasteiger partial charge in [-0.05, 0) is 6.07 Å². The SMILES string of the molecule is Fc1cc(Cl)c2nc(CBr)cn2c1. The Morgan fingerprint density at radius 3 is 3.00 bits per heavy atom. The first-order chi connectivity index (χ1) is 6.20. The largest absolute Gasteiger partial charge is 0.303 e. The second-order valence-electron chi connectivity index (χ2n) is 2.60. The Bertz CT molecular complexity index is 455. The molecule has 2 aromatic rings. The van der Waals surface area contributed by atoms with Crippen LogP contribution in [0.5, 0.6) is 0 Å². The van der Waals surface area contributed by atoms with Gasteiger partial charge in [0.1, 0.15) is 5.82 Å². The molecule has 0 fully saturated rings. The van der Waals surface area contributed by atoms with Crippen molar-refractivity contribution in [3.8, 4) is 0 Å².